The van der Waals surface area contributed by atoms with Crippen molar-refractivity contribution in [1.29, 1.82) is 0 Å². The molecule has 6 heterocycles. The molecule has 14 unspecified atom stereocenters. The Morgan fingerprint density at radius 1 is 0.586 bits per heavy atom. The number of nitrogens with zero attached hydrogens (tertiary/aromatic N) is 8. The van der Waals surface area contributed by atoms with Gasteiger partial charge in [0.25, 0.3) is 31.3 Å². The molecule has 14 atom stereocenters. The topological polar surface area (TPSA) is 837 Å². The number of ketones is 3. The maximum absolute atomic E-state index is 12.4. The number of nitrogens with one attached hydrogen (secondary N) is 4. The van der Waals surface area contributed by atoms with E-state index in [1.165, 1.54) is 34.6 Å². The first-order valence-electron chi connectivity index (χ1n) is 31.5. The first-order valence-corrected chi connectivity index (χ1v) is 40.3. The highest BCUT2D eigenvalue weighted by molar-refractivity contribution is 7.60. The minimum atomic E-state index is -5.92. The van der Waals surface area contributed by atoms with Crippen molar-refractivity contribution >= 4 is 128 Å². The van der Waals surface area contributed by atoms with Gasteiger partial charge in [0, 0.05) is 69.1 Å². The van der Waals surface area contributed by atoms with E-state index in [-0.39, 0.29) is 116 Å². The molecule has 4 amide bonds. The van der Waals surface area contributed by atoms with Crippen molar-refractivity contribution in [2.75, 3.05) is 64.1 Å². The van der Waals surface area contributed by atoms with Gasteiger partial charge in [0.1, 0.15) is 89.9 Å². The summed E-state index contributed by atoms with van der Waals surface area (Å²) in [6.45, 7) is 5.34. The number of rotatable bonds is 42. The van der Waals surface area contributed by atoms with Crippen molar-refractivity contribution in [3.63, 3.8) is 0 Å². The lowest BCUT2D eigenvalue weighted by Gasteiger charge is -2.36. The number of carbonyl (C=O) groups excluding carboxylic acids is 9. The maximum atomic E-state index is 12.4. The summed E-state index contributed by atoms with van der Waals surface area (Å²) in [5.74, 6) is -3.53. The Balaban J connectivity index is 0.000000525. The molecule has 4 aromatic rings. The number of aliphatic hydroxyl groups is 5. The second-order valence-corrected chi connectivity index (χ2v) is 32.5. The number of anilines is 2. The number of aromatic nitrogens is 8. The minimum absolute atomic E-state index is 0.0213. The molecule has 0 aliphatic carbocycles. The van der Waals surface area contributed by atoms with Gasteiger partial charge in [-0.1, -0.05) is 41.0 Å². The number of ether oxygens (including phenoxy) is 2. The van der Waals surface area contributed by atoms with Gasteiger partial charge in [-0.05, 0) is 20.5 Å². The van der Waals surface area contributed by atoms with Gasteiger partial charge in [-0.3, -0.25) is 51.4 Å². The van der Waals surface area contributed by atoms with Gasteiger partial charge in [0.2, 0.25) is 23.6 Å². The molecular weight excluding hydrogens is 1630 g/mol. The fraction of sp³-hybridized carbons (Fsp3) is 0.635. The number of imidazole rings is 2. The summed E-state index contributed by atoms with van der Waals surface area (Å²) >= 11 is 0. The monoisotopic (exact) mass is 1710 g/mol. The molecule has 13 N–H and O–H groups in total. The molecule has 0 aromatic carbocycles. The van der Waals surface area contributed by atoms with E-state index in [0.29, 0.717) is 6.42 Å². The molecular formula is C52H77N14O39P6-9. The van der Waals surface area contributed by atoms with Crippen molar-refractivity contribution in [3.05, 3.63) is 31.9 Å². The van der Waals surface area contributed by atoms with Crippen LogP contribution in [-0.2, 0) is 116 Å². The summed E-state index contributed by atoms with van der Waals surface area (Å²) in [6.07, 6.45) is -14.6. The van der Waals surface area contributed by atoms with Crippen molar-refractivity contribution in [1.82, 2.24) is 60.3 Å². The number of Topliss-reactive ketones (excluding diaryl/α,β-unsaturated/α-hetero) is 3. The highest BCUT2D eigenvalue weighted by Crippen LogP contribution is 2.58. The summed E-state index contributed by atoms with van der Waals surface area (Å²) < 4.78 is 120. The first-order chi connectivity index (χ1) is 51.3. The van der Waals surface area contributed by atoms with Gasteiger partial charge in [-0.15, -0.1) is 0 Å². The molecule has 0 spiro atoms. The van der Waals surface area contributed by atoms with Crippen molar-refractivity contribution in [3.8, 4) is 0 Å². The first kappa shape index (κ1) is 98.6. The van der Waals surface area contributed by atoms with Crippen LogP contribution in [0.4, 0.5) is 11.6 Å². The summed E-state index contributed by atoms with van der Waals surface area (Å²) in [5, 5.41) is 61.7. The Labute approximate surface area is 626 Å². The van der Waals surface area contributed by atoms with E-state index in [9.17, 15) is 126 Å². The molecule has 111 heavy (non-hydrogen) atoms. The Morgan fingerprint density at radius 3 is 1.26 bits per heavy atom. The predicted molar refractivity (Wildman–Crippen MR) is 344 cm³/mol. The quantitative estimate of drug-likeness (QED) is 0.00647. The fourth-order valence-electron chi connectivity index (χ4n) is 8.79. The molecule has 2 saturated heterocycles. The smallest absolute Gasteiger partial charge is 0.373 e. The third-order valence-electron chi connectivity index (χ3n) is 14.5. The van der Waals surface area contributed by atoms with Crippen LogP contribution in [0.3, 0.4) is 0 Å². The lowest BCUT2D eigenvalue weighted by atomic mass is 9.87. The van der Waals surface area contributed by atoms with Crippen LogP contribution < -0.4 is 77.1 Å². The average Bonchev–Trinajstić information content (AvgIpc) is 1.62. The summed E-state index contributed by atoms with van der Waals surface area (Å²) in [5.41, 5.74) is 8.07. The number of carbonyl (C=O) groups is 7. The summed E-state index contributed by atoms with van der Waals surface area (Å²) in [7, 11) is -35.2. The van der Waals surface area contributed by atoms with Gasteiger partial charge in [0.15, 0.2) is 35.4 Å². The summed E-state index contributed by atoms with van der Waals surface area (Å²) in [6, 6.07) is 0. The van der Waals surface area contributed by atoms with E-state index >= 15 is 0 Å². The number of hydrogen-bond donors (Lipinski definition) is 10. The van der Waals surface area contributed by atoms with Crippen LogP contribution in [0.15, 0.2) is 25.3 Å². The molecule has 0 radical (unpaired) electrons. The van der Waals surface area contributed by atoms with Crippen LogP contribution in [0.2, 0.25) is 0 Å². The van der Waals surface area contributed by atoms with Gasteiger partial charge in [0.05, 0.1) is 54.7 Å². The molecule has 6 rings (SSSR count). The molecule has 0 saturated carbocycles. The van der Waals surface area contributed by atoms with Gasteiger partial charge >= 0.3 is 6.15 Å². The van der Waals surface area contributed by atoms with E-state index in [1.54, 1.807) is 6.92 Å². The second-order valence-electron chi connectivity index (χ2n) is 24.3. The Morgan fingerprint density at radius 2 is 0.928 bits per heavy atom. The average molecular weight is 1710 g/mol. The van der Waals surface area contributed by atoms with Gasteiger partial charge in [-0.2, -0.15) is 9.59 Å². The maximum Gasteiger partial charge on any atom is 0.373 e. The Hall–Kier alpha value is -6.61. The molecule has 2 aliphatic rings. The number of fused-ring (bicyclic) bond motifs is 2. The van der Waals surface area contributed by atoms with Crippen LogP contribution in [0.25, 0.3) is 22.3 Å². The standard InChI is InChI=1S/C24H39N7O19P3.C23H38N7O17P3.C4H8O.CO2/c1-24(2,19(35)22(36)27-7-4-15(33)26-6-3-13(32)5-8-45-37)10-47-53(43,44)50-52(41,42)46-9-14-18(49-51(38,39)40)17(34)23(48-14)31-12-30-16-20(25)28-11-29-21(16)31;1-12(31)4-6-25-14(32)5-7-26-21(35)18(34)23(2,3)9-44-50(41,42)47-49(39,40)43-8-13-17(46-48(36,37)38)16(33)22(45-13)30-11-29-15-19(24)27-10-28-20(15)30;1-3-4(2)5;2-1-3/h8,11-12,14,17-19,23,34-35,45H,3-7,9-10H2,1-2H3,(H,26,33)(H,27,36)(H,41,42)(H,43,44)(H2,25,28,29)(H2,38,39,40);10-11,13,16-18,22,33-34H,4-9H2,1-3H3,(H,25,32)(H,26,35)(H,39,40)(H,41,42)(H2,24,27,28)(H2,36,37,38);3H2,1-2H3;/q-1;;;/p-8. The fourth-order valence-corrected chi connectivity index (χ4v) is 14.3. The molecule has 0 bridgehead atoms. The second kappa shape index (κ2) is 43.8. The summed E-state index contributed by atoms with van der Waals surface area (Å²) in [4.78, 5) is 218. The van der Waals surface area contributed by atoms with Crippen molar-refractivity contribution < 1.29 is 185 Å². The third kappa shape index (κ3) is 33.8. The van der Waals surface area contributed by atoms with Crippen LogP contribution >= 0.6 is 46.9 Å². The van der Waals surface area contributed by atoms with Crippen LogP contribution in [-0.4, -0.2) is 213 Å². The molecule has 628 valence electrons. The number of phosphoric acid groups is 6. The largest absolute Gasteiger partial charge is 0.790 e. The van der Waals surface area contributed by atoms with Gasteiger partial charge < -0.3 is 158 Å². The zero-order chi connectivity index (χ0) is 84.4. The zero-order valence-corrected chi connectivity index (χ0v) is 64.5. The zero-order valence-electron chi connectivity index (χ0n) is 59.1. The van der Waals surface area contributed by atoms with E-state index in [4.69, 9.17) is 30.5 Å². The number of nitrogen functional groups attached to an aromatic ring is 2. The van der Waals surface area contributed by atoms with E-state index in [0.717, 1.165) is 41.1 Å². The number of nitrogens with two attached hydrogens (primary N) is 2. The van der Waals surface area contributed by atoms with Crippen LogP contribution in [0.5, 0.6) is 0 Å². The molecule has 2 fully saturated rings. The molecule has 53 nitrogen and oxygen atoms in total. The van der Waals surface area contributed by atoms with E-state index in [1.807, 2.05) is 6.92 Å². The lowest BCUT2D eigenvalue weighted by molar-refractivity contribution is -0.761. The number of amides is 4. The van der Waals surface area contributed by atoms with Gasteiger partial charge in [-0.25, -0.2) is 38.5 Å². The van der Waals surface area contributed by atoms with Crippen LogP contribution in [0.1, 0.15) is 99.4 Å². The van der Waals surface area contributed by atoms with E-state index < -0.39 is 169 Å². The molecule has 2 aliphatic heterocycles. The third-order valence-corrected chi connectivity index (χ3v) is 20.5. The Kier molecular flexibility index (Phi) is 38.9. The lowest BCUT2D eigenvalue weighted by Crippen LogP contribution is -2.46. The predicted octanol–water partition coefficient (Wildman–Crippen LogP) is -8.99. The molecule has 59 heteroatoms. The normalized spacial score (nSPS) is 21.3. The number of phosphoric ester groups is 6. The number of aliphatic hydroxyl groups excluding tert-OH is 4. The number of hydrogen-bond acceptors (Lipinski definition) is 46. The Bertz CT molecular complexity index is 4160. The van der Waals surface area contributed by atoms with Crippen molar-refractivity contribution in [2.45, 2.75) is 148 Å². The molecule has 4 aromatic heterocycles. The SMILES string of the molecule is CC(=O)CCNC(=O)CCNC(=O)C(O)C(C)(C)COP(=O)([O-])OP(=O)([O-])OCC1OC(n2cnc3c(N)ncnc32)C(O)C1OP(=O)([O-])[O-].CC(C)(COP(=O)([O-])OP(=O)([O-])OCC1OC(n2cnc3c(N)ncnc32)C(O)C1OP(=O)([O-])[O-])C(O)C(=O)NCCC(=O)NCCC(=O)C[CH-][OH+][O-].CCC(C)=O.O=C=O. The van der Waals surface area contributed by atoms with Crippen molar-refractivity contribution in [2.24, 2.45) is 10.8 Å². The highest BCUT2D eigenvalue weighted by Gasteiger charge is 2.49. The van der Waals surface area contributed by atoms with Crippen LogP contribution in [0, 0.1) is 17.4 Å². The van der Waals surface area contributed by atoms with E-state index in [2.05, 4.69) is 91.8 Å². The minimum Gasteiger partial charge on any atom is -0.790 e. The highest BCUT2D eigenvalue weighted by atomic mass is 31.3.